The molecule has 1 aromatic heterocycles. The van der Waals surface area contributed by atoms with Crippen molar-refractivity contribution in [1.82, 2.24) is 10.3 Å². The lowest BCUT2D eigenvalue weighted by atomic mass is 10.1. The number of para-hydroxylation sites is 1. The average molecular weight is 271 g/mol. The van der Waals surface area contributed by atoms with Crippen LogP contribution in [-0.4, -0.2) is 30.7 Å². The van der Waals surface area contributed by atoms with Crippen molar-refractivity contribution in [2.24, 2.45) is 0 Å². The molecule has 0 fully saturated rings. The van der Waals surface area contributed by atoms with Gasteiger partial charge in [-0.05, 0) is 26.0 Å². The normalized spacial score (nSPS) is 11.2. The Labute approximate surface area is 122 Å². The van der Waals surface area contributed by atoms with Gasteiger partial charge in [-0.25, -0.2) is 0 Å². The van der Waals surface area contributed by atoms with Gasteiger partial charge in [0.05, 0.1) is 5.52 Å². The van der Waals surface area contributed by atoms with E-state index in [1.165, 1.54) is 11.1 Å². The number of anilines is 1. The number of likely N-dealkylation sites (N-methyl/N-ethyl adjacent to an activating group) is 1. The van der Waals surface area contributed by atoms with Crippen LogP contribution in [0.3, 0.4) is 0 Å². The number of aryl methyl sites for hydroxylation is 1. The van der Waals surface area contributed by atoms with Crippen molar-refractivity contribution in [3.8, 4) is 0 Å². The van der Waals surface area contributed by atoms with Crippen molar-refractivity contribution in [1.29, 1.82) is 0 Å². The zero-order chi connectivity index (χ0) is 14.5. The van der Waals surface area contributed by atoms with Crippen molar-refractivity contribution >= 4 is 16.6 Å². The first-order valence-corrected chi connectivity index (χ1v) is 7.46. The summed E-state index contributed by atoms with van der Waals surface area (Å²) in [5, 5.41) is 4.73. The number of hydrogen-bond donors (Lipinski definition) is 1. The van der Waals surface area contributed by atoms with Gasteiger partial charge in [0.2, 0.25) is 0 Å². The molecule has 2 rings (SSSR count). The van der Waals surface area contributed by atoms with Crippen LogP contribution in [0.5, 0.6) is 0 Å². The van der Waals surface area contributed by atoms with Crippen LogP contribution in [0.25, 0.3) is 10.9 Å². The Morgan fingerprint density at radius 2 is 2.00 bits per heavy atom. The van der Waals surface area contributed by atoms with Crippen molar-refractivity contribution in [3.05, 3.63) is 36.0 Å². The van der Waals surface area contributed by atoms with Gasteiger partial charge < -0.3 is 10.2 Å². The first-order valence-electron chi connectivity index (χ1n) is 7.46. The van der Waals surface area contributed by atoms with Gasteiger partial charge in [-0.15, -0.1) is 0 Å². The van der Waals surface area contributed by atoms with Gasteiger partial charge in [0, 0.05) is 42.4 Å². The van der Waals surface area contributed by atoms with Crippen LogP contribution in [0.1, 0.15) is 26.5 Å². The van der Waals surface area contributed by atoms with E-state index in [1.54, 1.807) is 0 Å². The highest BCUT2D eigenvalue weighted by atomic mass is 15.1. The number of aromatic nitrogens is 1. The summed E-state index contributed by atoms with van der Waals surface area (Å²) in [5.41, 5.74) is 3.45. The molecule has 0 amide bonds. The third kappa shape index (κ3) is 3.48. The summed E-state index contributed by atoms with van der Waals surface area (Å²) in [7, 11) is 0. The molecule has 108 valence electrons. The summed E-state index contributed by atoms with van der Waals surface area (Å²) in [6.07, 6.45) is 0. The Bertz CT molecular complexity index is 563. The number of benzene rings is 1. The molecule has 0 spiro atoms. The monoisotopic (exact) mass is 271 g/mol. The molecule has 0 aliphatic heterocycles. The van der Waals surface area contributed by atoms with Gasteiger partial charge in [-0.1, -0.05) is 32.0 Å². The number of hydrogen-bond acceptors (Lipinski definition) is 3. The van der Waals surface area contributed by atoms with Gasteiger partial charge in [0.25, 0.3) is 0 Å². The molecule has 0 saturated carbocycles. The van der Waals surface area contributed by atoms with Crippen molar-refractivity contribution in [2.45, 2.75) is 33.7 Å². The van der Waals surface area contributed by atoms with Crippen LogP contribution in [0.15, 0.2) is 30.3 Å². The Hall–Kier alpha value is -1.61. The minimum Gasteiger partial charge on any atom is -0.370 e. The molecule has 3 heteroatoms. The van der Waals surface area contributed by atoms with Crippen LogP contribution in [0.4, 0.5) is 5.69 Å². The van der Waals surface area contributed by atoms with E-state index in [0.717, 1.165) is 30.8 Å². The van der Waals surface area contributed by atoms with Crippen LogP contribution >= 0.6 is 0 Å². The molecule has 0 aliphatic carbocycles. The molecule has 0 aliphatic rings. The average Bonchev–Trinajstić information content (AvgIpc) is 2.42. The zero-order valence-corrected chi connectivity index (χ0v) is 13.0. The van der Waals surface area contributed by atoms with E-state index in [1.807, 2.05) is 0 Å². The molecule has 2 aromatic rings. The molecule has 1 heterocycles. The smallest absolute Gasteiger partial charge is 0.0726 e. The summed E-state index contributed by atoms with van der Waals surface area (Å²) in [6.45, 7) is 11.7. The minimum atomic E-state index is 0.532. The van der Waals surface area contributed by atoms with Gasteiger partial charge in [0.15, 0.2) is 0 Å². The van der Waals surface area contributed by atoms with Crippen LogP contribution in [0.2, 0.25) is 0 Å². The second kappa shape index (κ2) is 6.71. The number of rotatable bonds is 6. The molecule has 0 bridgehead atoms. The quantitative estimate of drug-likeness (QED) is 0.873. The molecule has 1 N–H and O–H groups in total. The van der Waals surface area contributed by atoms with Crippen molar-refractivity contribution in [3.63, 3.8) is 0 Å². The SMILES string of the molecule is CCN(CCNC(C)C)c1cc(C)nc2ccccc12. The highest BCUT2D eigenvalue weighted by molar-refractivity contribution is 5.91. The number of nitrogens with one attached hydrogen (secondary N) is 1. The van der Waals surface area contributed by atoms with E-state index >= 15 is 0 Å². The molecule has 0 atom stereocenters. The molecule has 0 saturated heterocycles. The predicted molar refractivity (Wildman–Crippen MR) is 87.5 cm³/mol. The third-order valence-electron chi connectivity index (χ3n) is 3.48. The van der Waals surface area contributed by atoms with Crippen molar-refractivity contribution < 1.29 is 0 Å². The second-order valence-corrected chi connectivity index (χ2v) is 5.49. The first-order chi connectivity index (χ1) is 9.61. The van der Waals surface area contributed by atoms with E-state index < -0.39 is 0 Å². The Morgan fingerprint density at radius 3 is 2.70 bits per heavy atom. The van der Waals surface area contributed by atoms with Gasteiger partial charge >= 0.3 is 0 Å². The fourth-order valence-electron chi connectivity index (χ4n) is 2.48. The predicted octanol–water partition coefficient (Wildman–Crippen LogP) is 3.37. The maximum absolute atomic E-state index is 4.62. The van der Waals surface area contributed by atoms with Crippen LogP contribution < -0.4 is 10.2 Å². The second-order valence-electron chi connectivity index (χ2n) is 5.49. The summed E-state index contributed by atoms with van der Waals surface area (Å²) in [5.74, 6) is 0. The zero-order valence-electron chi connectivity index (χ0n) is 13.0. The highest BCUT2D eigenvalue weighted by Gasteiger charge is 2.10. The lowest BCUT2D eigenvalue weighted by Gasteiger charge is -2.25. The van der Waals surface area contributed by atoms with E-state index in [-0.39, 0.29) is 0 Å². The largest absolute Gasteiger partial charge is 0.370 e. The molecule has 20 heavy (non-hydrogen) atoms. The Balaban J connectivity index is 2.29. The summed E-state index contributed by atoms with van der Waals surface area (Å²) < 4.78 is 0. The lowest BCUT2D eigenvalue weighted by Crippen LogP contribution is -2.35. The standard InChI is InChI=1S/C17H25N3/c1-5-20(11-10-18-13(2)3)17-12-14(4)19-16-9-7-6-8-15(16)17/h6-9,12-13,18H,5,10-11H2,1-4H3. The molecule has 0 radical (unpaired) electrons. The minimum absolute atomic E-state index is 0.532. The van der Waals surface area contributed by atoms with Crippen LogP contribution in [-0.2, 0) is 0 Å². The van der Waals surface area contributed by atoms with Gasteiger partial charge in [-0.3, -0.25) is 4.98 Å². The molecule has 0 unspecified atom stereocenters. The molecular weight excluding hydrogens is 246 g/mol. The molecule has 3 nitrogen and oxygen atoms in total. The van der Waals surface area contributed by atoms with Crippen molar-refractivity contribution in [2.75, 3.05) is 24.5 Å². The summed E-state index contributed by atoms with van der Waals surface area (Å²) >= 11 is 0. The third-order valence-corrected chi connectivity index (χ3v) is 3.48. The first kappa shape index (κ1) is 14.8. The van der Waals surface area contributed by atoms with Gasteiger partial charge in [0.1, 0.15) is 0 Å². The Morgan fingerprint density at radius 1 is 1.25 bits per heavy atom. The molecular formula is C17H25N3. The van der Waals surface area contributed by atoms with E-state index in [2.05, 4.69) is 73.2 Å². The number of pyridine rings is 1. The maximum atomic E-state index is 4.62. The van der Waals surface area contributed by atoms with Crippen LogP contribution in [0, 0.1) is 6.92 Å². The van der Waals surface area contributed by atoms with Gasteiger partial charge in [-0.2, -0.15) is 0 Å². The van der Waals surface area contributed by atoms with E-state index in [4.69, 9.17) is 0 Å². The topological polar surface area (TPSA) is 28.2 Å². The lowest BCUT2D eigenvalue weighted by molar-refractivity contribution is 0.584. The highest BCUT2D eigenvalue weighted by Crippen LogP contribution is 2.26. The van der Waals surface area contributed by atoms with E-state index in [0.29, 0.717) is 6.04 Å². The maximum Gasteiger partial charge on any atom is 0.0726 e. The Kier molecular flexibility index (Phi) is 4.96. The molecule has 1 aromatic carbocycles. The fraction of sp³-hybridized carbons (Fsp3) is 0.471. The number of fused-ring (bicyclic) bond motifs is 1. The number of nitrogens with zero attached hydrogens (tertiary/aromatic N) is 2. The summed E-state index contributed by atoms with van der Waals surface area (Å²) in [4.78, 5) is 7.04. The van der Waals surface area contributed by atoms with E-state index in [9.17, 15) is 0 Å². The summed E-state index contributed by atoms with van der Waals surface area (Å²) in [6, 6.07) is 11.1. The fourth-order valence-corrected chi connectivity index (χ4v) is 2.48.